The fourth-order valence-corrected chi connectivity index (χ4v) is 9.03. The van der Waals surface area contributed by atoms with Crippen LogP contribution in [-0.4, -0.2) is 50.4 Å². The quantitative estimate of drug-likeness (QED) is 0.344. The van der Waals surface area contributed by atoms with Crippen molar-refractivity contribution in [2.45, 2.75) is 62.3 Å². The lowest BCUT2D eigenvalue weighted by atomic mass is 9.71. The monoisotopic (exact) mass is 626 g/mol. The Labute approximate surface area is 258 Å². The Kier molecular flexibility index (Phi) is 7.79. The lowest BCUT2D eigenvalue weighted by molar-refractivity contribution is 0.0515. The number of fused-ring (bicyclic) bond motifs is 1. The van der Waals surface area contributed by atoms with Crippen molar-refractivity contribution in [2.24, 2.45) is 5.41 Å². The predicted molar refractivity (Wildman–Crippen MR) is 167 cm³/mol. The second-order valence-corrected chi connectivity index (χ2v) is 15.1. The summed E-state index contributed by atoms with van der Waals surface area (Å²) < 4.78 is 29.5. The number of nitrogens with zero attached hydrogens (tertiary/aromatic N) is 3. The molecule has 0 radical (unpaired) electrons. The molecule has 222 valence electrons. The molecule has 6 rings (SSSR count). The minimum Gasteiger partial charge on any atom is -0.371 e. The summed E-state index contributed by atoms with van der Waals surface area (Å²) in [5.74, 6) is 0.00827. The molecule has 2 aromatic carbocycles. The van der Waals surface area contributed by atoms with E-state index in [0.29, 0.717) is 17.0 Å². The number of benzene rings is 2. The van der Waals surface area contributed by atoms with Gasteiger partial charge in [-0.05, 0) is 96.5 Å². The lowest BCUT2D eigenvalue weighted by Crippen LogP contribution is -2.48. The van der Waals surface area contributed by atoms with Gasteiger partial charge in [0, 0.05) is 60.9 Å². The van der Waals surface area contributed by atoms with Crippen LogP contribution in [0.3, 0.4) is 0 Å². The van der Waals surface area contributed by atoms with Gasteiger partial charge < -0.3 is 9.80 Å². The molecule has 1 unspecified atom stereocenters. The number of amides is 1. The molecule has 2 fully saturated rings. The van der Waals surface area contributed by atoms with Crippen LogP contribution in [-0.2, 0) is 15.4 Å². The molecule has 3 heterocycles. The molecular weight excluding hydrogens is 591 g/mol. The van der Waals surface area contributed by atoms with Crippen molar-refractivity contribution >= 4 is 44.8 Å². The van der Waals surface area contributed by atoms with Crippen LogP contribution in [0.25, 0.3) is 0 Å². The highest BCUT2D eigenvalue weighted by atomic mass is 35.5. The Morgan fingerprint density at radius 1 is 0.929 bits per heavy atom. The minimum absolute atomic E-state index is 0.00827. The van der Waals surface area contributed by atoms with E-state index in [2.05, 4.69) is 40.6 Å². The molecule has 3 aliphatic rings. The van der Waals surface area contributed by atoms with Gasteiger partial charge in [-0.25, -0.2) is 13.1 Å². The first kappa shape index (κ1) is 29.4. The van der Waals surface area contributed by atoms with Gasteiger partial charge in [-0.3, -0.25) is 9.78 Å². The van der Waals surface area contributed by atoms with Gasteiger partial charge in [0.25, 0.3) is 5.91 Å². The van der Waals surface area contributed by atoms with Crippen molar-refractivity contribution in [3.8, 4) is 0 Å². The number of rotatable bonds is 5. The van der Waals surface area contributed by atoms with Gasteiger partial charge in [0.15, 0.2) is 0 Å². The highest BCUT2D eigenvalue weighted by Crippen LogP contribution is 2.46. The predicted octanol–water partition coefficient (Wildman–Crippen LogP) is 6.61. The van der Waals surface area contributed by atoms with Crippen molar-refractivity contribution in [3.05, 3.63) is 87.7 Å². The summed E-state index contributed by atoms with van der Waals surface area (Å²) in [5, 5.41) is 0.441. The highest BCUT2D eigenvalue weighted by molar-refractivity contribution is 7.89. The Balaban J connectivity index is 1.15. The van der Waals surface area contributed by atoms with Crippen LogP contribution in [0.1, 0.15) is 73.5 Å². The SMILES string of the molecule is CC1(C)CC(NS(=O)(=O)c2ccc(Cl)cc2Cl)c2cc(C(=O)N3CCC4(CC3)CCN(c3ccncc3)CC4)ccc21. The maximum absolute atomic E-state index is 13.7. The Hall–Kier alpha value is -2.65. The molecule has 7 nitrogen and oxygen atoms in total. The number of hydrogen-bond donors (Lipinski definition) is 1. The van der Waals surface area contributed by atoms with Crippen LogP contribution in [0.2, 0.25) is 10.0 Å². The number of carbonyl (C=O) groups is 1. The van der Waals surface area contributed by atoms with E-state index < -0.39 is 16.1 Å². The zero-order valence-corrected chi connectivity index (χ0v) is 26.3. The third-order valence-electron chi connectivity index (χ3n) is 9.56. The number of anilines is 1. The summed E-state index contributed by atoms with van der Waals surface area (Å²) in [6.45, 7) is 7.72. The molecule has 1 atom stereocenters. The van der Waals surface area contributed by atoms with Crippen molar-refractivity contribution in [3.63, 3.8) is 0 Å². The number of hydrogen-bond acceptors (Lipinski definition) is 5. The molecule has 1 aromatic heterocycles. The Morgan fingerprint density at radius 2 is 1.60 bits per heavy atom. The Morgan fingerprint density at radius 3 is 2.26 bits per heavy atom. The number of piperidine rings is 2. The average Bonchev–Trinajstić information content (AvgIpc) is 3.21. The molecule has 1 spiro atoms. The zero-order chi connectivity index (χ0) is 29.7. The summed E-state index contributed by atoms with van der Waals surface area (Å²) >= 11 is 12.2. The number of aromatic nitrogens is 1. The minimum atomic E-state index is -3.92. The summed E-state index contributed by atoms with van der Waals surface area (Å²) in [4.78, 5) is 22.2. The molecule has 42 heavy (non-hydrogen) atoms. The van der Waals surface area contributed by atoms with Gasteiger partial charge >= 0.3 is 0 Å². The van der Waals surface area contributed by atoms with E-state index in [1.165, 1.54) is 23.9 Å². The fourth-order valence-electron chi connectivity index (χ4n) is 7.04. The van der Waals surface area contributed by atoms with Gasteiger partial charge in [0.05, 0.1) is 5.02 Å². The van der Waals surface area contributed by atoms with E-state index >= 15 is 0 Å². The lowest BCUT2D eigenvalue weighted by Gasteiger charge is -2.47. The molecule has 10 heteroatoms. The largest absolute Gasteiger partial charge is 0.371 e. The summed E-state index contributed by atoms with van der Waals surface area (Å²) in [6, 6.07) is 13.8. The first-order chi connectivity index (χ1) is 20.0. The normalized spacial score (nSPS) is 21.4. The van der Waals surface area contributed by atoms with Crippen LogP contribution in [0, 0.1) is 5.41 Å². The van der Waals surface area contributed by atoms with Crippen LogP contribution < -0.4 is 9.62 Å². The number of carbonyl (C=O) groups excluding carboxylic acids is 1. The van der Waals surface area contributed by atoms with Crippen LogP contribution in [0.15, 0.2) is 65.8 Å². The van der Waals surface area contributed by atoms with Gasteiger partial charge in [0.2, 0.25) is 10.0 Å². The van der Waals surface area contributed by atoms with Crippen molar-refractivity contribution in [2.75, 3.05) is 31.1 Å². The molecule has 2 saturated heterocycles. The molecule has 0 saturated carbocycles. The van der Waals surface area contributed by atoms with Crippen LogP contribution in [0.4, 0.5) is 5.69 Å². The molecule has 3 aromatic rings. The molecule has 1 aliphatic carbocycles. The summed E-state index contributed by atoms with van der Waals surface area (Å²) in [6.07, 6.45) is 8.53. The first-order valence-corrected chi connectivity index (χ1v) is 16.8. The number of pyridine rings is 1. The topological polar surface area (TPSA) is 82.6 Å². The second kappa shape index (κ2) is 11.1. The number of nitrogens with one attached hydrogen (secondary N) is 1. The molecule has 0 bridgehead atoms. The van der Waals surface area contributed by atoms with Crippen molar-refractivity contribution in [1.29, 1.82) is 0 Å². The second-order valence-electron chi connectivity index (χ2n) is 12.6. The van der Waals surface area contributed by atoms with Gasteiger partial charge in [-0.2, -0.15) is 0 Å². The molecule has 1 amide bonds. The van der Waals surface area contributed by atoms with E-state index in [1.54, 1.807) is 0 Å². The fraction of sp³-hybridized carbons (Fsp3) is 0.438. The Bertz CT molecular complexity index is 1600. The molecular formula is C32H36Cl2N4O3S. The van der Waals surface area contributed by atoms with Gasteiger partial charge in [0.1, 0.15) is 4.90 Å². The summed E-state index contributed by atoms with van der Waals surface area (Å²) in [7, 11) is -3.92. The van der Waals surface area contributed by atoms with Crippen molar-refractivity contribution < 1.29 is 13.2 Å². The zero-order valence-electron chi connectivity index (χ0n) is 23.9. The highest BCUT2D eigenvalue weighted by Gasteiger charge is 2.41. The van der Waals surface area contributed by atoms with E-state index in [4.69, 9.17) is 23.2 Å². The smallest absolute Gasteiger partial charge is 0.253 e. The number of likely N-dealkylation sites (tertiary alicyclic amines) is 1. The van der Waals surface area contributed by atoms with Gasteiger partial charge in [-0.1, -0.05) is 43.1 Å². The van der Waals surface area contributed by atoms with E-state index in [-0.39, 0.29) is 26.7 Å². The average molecular weight is 628 g/mol. The van der Waals surface area contributed by atoms with Crippen LogP contribution in [0.5, 0.6) is 0 Å². The van der Waals surface area contributed by atoms with Crippen molar-refractivity contribution in [1.82, 2.24) is 14.6 Å². The standard InChI is InChI=1S/C32H36Cl2N4O3S/c1-31(2)21-28(36-42(40,41)29-6-4-23(33)20-27(29)34)25-19-22(3-5-26(25)31)30(39)38-17-11-32(12-18-38)9-15-37(16-10-32)24-7-13-35-14-8-24/h3-8,13-14,19-20,28,36H,9-12,15-18,21H2,1-2H3. The maximum Gasteiger partial charge on any atom is 0.253 e. The molecule has 1 N–H and O–H groups in total. The van der Waals surface area contributed by atoms with E-state index in [0.717, 1.165) is 63.0 Å². The third kappa shape index (κ3) is 5.66. The van der Waals surface area contributed by atoms with Gasteiger partial charge in [-0.15, -0.1) is 0 Å². The maximum atomic E-state index is 13.7. The van der Waals surface area contributed by atoms with Crippen LogP contribution >= 0.6 is 23.2 Å². The van der Waals surface area contributed by atoms with E-state index in [9.17, 15) is 13.2 Å². The first-order valence-electron chi connectivity index (χ1n) is 14.5. The van der Waals surface area contributed by atoms with E-state index in [1.807, 2.05) is 35.5 Å². The number of sulfonamides is 1. The number of halogens is 2. The molecule has 2 aliphatic heterocycles. The third-order valence-corrected chi connectivity index (χ3v) is 11.8. The summed E-state index contributed by atoms with van der Waals surface area (Å²) in [5.41, 5.74) is 3.75.